The Morgan fingerprint density at radius 1 is 1.29 bits per heavy atom. The summed E-state index contributed by atoms with van der Waals surface area (Å²) < 4.78 is 54.4. The van der Waals surface area contributed by atoms with Gasteiger partial charge in [-0.15, -0.1) is 10.2 Å². The van der Waals surface area contributed by atoms with Crippen molar-refractivity contribution < 1.29 is 17.6 Å². The van der Waals surface area contributed by atoms with E-state index in [1.165, 1.54) is 6.07 Å². The molecule has 2 heterocycles. The van der Waals surface area contributed by atoms with Gasteiger partial charge >= 0.3 is 6.18 Å². The van der Waals surface area contributed by atoms with Gasteiger partial charge in [-0.3, -0.25) is 4.90 Å². The lowest BCUT2D eigenvalue weighted by molar-refractivity contribution is -0.138. The van der Waals surface area contributed by atoms with Gasteiger partial charge < -0.3 is 4.57 Å². The Bertz CT molecular complexity index is 710. The van der Waals surface area contributed by atoms with E-state index < -0.39 is 17.6 Å². The summed E-state index contributed by atoms with van der Waals surface area (Å²) in [5.41, 5.74) is -0.800. The van der Waals surface area contributed by atoms with Gasteiger partial charge in [0.15, 0.2) is 0 Å². The molecule has 0 bridgehead atoms. The number of likely N-dealkylation sites (tertiary alicyclic amines) is 1. The molecule has 1 fully saturated rings. The van der Waals surface area contributed by atoms with E-state index in [-0.39, 0.29) is 18.0 Å². The number of aromatic nitrogens is 3. The van der Waals surface area contributed by atoms with Crippen LogP contribution in [-0.2, 0) is 19.8 Å². The van der Waals surface area contributed by atoms with Crippen LogP contribution in [0.3, 0.4) is 0 Å². The van der Waals surface area contributed by atoms with Crippen LogP contribution < -0.4 is 0 Å². The minimum atomic E-state index is -4.56. The average molecular weight is 342 g/mol. The van der Waals surface area contributed by atoms with Crippen molar-refractivity contribution in [3.8, 4) is 0 Å². The zero-order valence-corrected chi connectivity index (χ0v) is 13.2. The average Bonchev–Trinajstić information content (AvgIpc) is 2.94. The van der Waals surface area contributed by atoms with Crippen LogP contribution in [0.5, 0.6) is 0 Å². The highest BCUT2D eigenvalue weighted by Crippen LogP contribution is 2.34. The molecule has 3 rings (SSSR count). The highest BCUT2D eigenvalue weighted by atomic mass is 19.4. The van der Waals surface area contributed by atoms with E-state index in [0.29, 0.717) is 19.2 Å². The van der Waals surface area contributed by atoms with Crippen molar-refractivity contribution in [2.24, 2.45) is 7.05 Å². The quantitative estimate of drug-likeness (QED) is 0.802. The number of rotatable bonds is 3. The van der Waals surface area contributed by atoms with Crippen molar-refractivity contribution in [1.29, 1.82) is 0 Å². The van der Waals surface area contributed by atoms with Gasteiger partial charge in [-0.25, -0.2) is 4.39 Å². The minimum Gasteiger partial charge on any atom is -0.320 e. The first-order valence-electron chi connectivity index (χ1n) is 7.76. The van der Waals surface area contributed by atoms with Crippen LogP contribution in [-0.4, -0.2) is 32.8 Å². The summed E-state index contributed by atoms with van der Waals surface area (Å²) in [4.78, 5) is 1.96. The molecule has 1 aliphatic heterocycles. The van der Waals surface area contributed by atoms with Gasteiger partial charge in [-0.1, -0.05) is 6.07 Å². The van der Waals surface area contributed by atoms with Gasteiger partial charge in [0.2, 0.25) is 0 Å². The van der Waals surface area contributed by atoms with Crippen molar-refractivity contribution in [2.45, 2.75) is 31.5 Å². The summed E-state index contributed by atoms with van der Waals surface area (Å²) in [6.07, 6.45) is -1.13. The van der Waals surface area contributed by atoms with Gasteiger partial charge in [-0.05, 0) is 37.1 Å². The fraction of sp³-hybridized carbons (Fsp3) is 0.500. The van der Waals surface area contributed by atoms with E-state index in [9.17, 15) is 17.6 Å². The van der Waals surface area contributed by atoms with E-state index in [0.717, 1.165) is 24.7 Å². The van der Waals surface area contributed by atoms with Crippen LogP contribution in [0.2, 0.25) is 0 Å². The lowest BCUT2D eigenvalue weighted by Crippen LogP contribution is -2.35. The van der Waals surface area contributed by atoms with Crippen molar-refractivity contribution in [3.63, 3.8) is 0 Å². The molecule has 0 spiro atoms. The molecule has 2 aromatic rings. The molecule has 0 saturated carbocycles. The zero-order valence-electron chi connectivity index (χ0n) is 13.2. The standard InChI is InChI=1S/C16H18F4N4/c1-23-10-21-22-15(23)12-3-2-6-24(9-12)8-11-4-5-13(17)7-14(11)16(18,19)20/h4-5,7,10,12H,2-3,6,8-9H2,1H3. The minimum absolute atomic E-state index is 0.0996. The Morgan fingerprint density at radius 3 is 2.75 bits per heavy atom. The maximum atomic E-state index is 13.2. The summed E-state index contributed by atoms with van der Waals surface area (Å²) >= 11 is 0. The predicted molar refractivity (Wildman–Crippen MR) is 79.7 cm³/mol. The topological polar surface area (TPSA) is 34.0 Å². The number of piperidine rings is 1. The van der Waals surface area contributed by atoms with Gasteiger partial charge in [0, 0.05) is 26.1 Å². The summed E-state index contributed by atoms with van der Waals surface area (Å²) in [7, 11) is 1.86. The summed E-state index contributed by atoms with van der Waals surface area (Å²) in [5.74, 6) is 0.109. The Balaban J connectivity index is 1.78. The lowest BCUT2D eigenvalue weighted by atomic mass is 9.96. The zero-order chi connectivity index (χ0) is 17.3. The van der Waals surface area contributed by atoms with E-state index >= 15 is 0 Å². The highest BCUT2D eigenvalue weighted by Gasteiger charge is 2.34. The third-order valence-corrected chi connectivity index (χ3v) is 4.39. The van der Waals surface area contributed by atoms with E-state index in [1.54, 1.807) is 6.33 Å². The number of benzene rings is 1. The molecule has 0 N–H and O–H groups in total. The molecule has 1 aliphatic rings. The Morgan fingerprint density at radius 2 is 2.08 bits per heavy atom. The fourth-order valence-electron chi connectivity index (χ4n) is 3.26. The number of alkyl halides is 3. The predicted octanol–water partition coefficient (Wildman–Crippen LogP) is 3.35. The molecule has 0 aliphatic carbocycles. The maximum Gasteiger partial charge on any atom is 0.416 e. The molecular formula is C16H18F4N4. The summed E-state index contributed by atoms with van der Waals surface area (Å²) in [6, 6.07) is 2.87. The highest BCUT2D eigenvalue weighted by molar-refractivity contribution is 5.30. The third-order valence-electron chi connectivity index (χ3n) is 4.39. The maximum absolute atomic E-state index is 13.2. The molecule has 1 aromatic heterocycles. The Hall–Kier alpha value is -1.96. The lowest BCUT2D eigenvalue weighted by Gasteiger charge is -2.32. The largest absolute Gasteiger partial charge is 0.416 e. The number of hydrogen-bond donors (Lipinski definition) is 0. The first-order chi connectivity index (χ1) is 11.3. The number of aryl methyl sites for hydroxylation is 1. The molecule has 8 heteroatoms. The summed E-state index contributed by atoms with van der Waals surface area (Å²) in [5, 5.41) is 7.97. The second-order valence-corrected chi connectivity index (χ2v) is 6.17. The SMILES string of the molecule is Cn1cnnc1C1CCCN(Cc2ccc(F)cc2C(F)(F)F)C1. The van der Waals surface area contributed by atoms with Crippen molar-refractivity contribution in [1.82, 2.24) is 19.7 Å². The molecule has 1 unspecified atom stereocenters. The van der Waals surface area contributed by atoms with Crippen LogP contribution in [0.25, 0.3) is 0 Å². The normalized spacial score (nSPS) is 19.6. The van der Waals surface area contributed by atoms with Gasteiger partial charge in [-0.2, -0.15) is 13.2 Å². The van der Waals surface area contributed by atoms with Crippen molar-refractivity contribution in [3.05, 3.63) is 47.3 Å². The Labute approximate surface area is 137 Å². The smallest absolute Gasteiger partial charge is 0.320 e. The van der Waals surface area contributed by atoms with Gasteiger partial charge in [0.25, 0.3) is 0 Å². The summed E-state index contributed by atoms with van der Waals surface area (Å²) in [6.45, 7) is 1.47. The molecule has 4 nitrogen and oxygen atoms in total. The molecule has 24 heavy (non-hydrogen) atoms. The third kappa shape index (κ3) is 3.58. The van der Waals surface area contributed by atoms with E-state index in [2.05, 4.69) is 10.2 Å². The monoisotopic (exact) mass is 342 g/mol. The molecule has 0 amide bonds. The first kappa shape index (κ1) is 16.9. The van der Waals surface area contributed by atoms with Gasteiger partial charge in [0.05, 0.1) is 5.56 Å². The van der Waals surface area contributed by atoms with E-state index in [4.69, 9.17) is 0 Å². The number of halogens is 4. The first-order valence-corrected chi connectivity index (χ1v) is 7.76. The van der Waals surface area contributed by atoms with Crippen molar-refractivity contribution >= 4 is 0 Å². The molecule has 1 saturated heterocycles. The fourth-order valence-corrected chi connectivity index (χ4v) is 3.26. The van der Waals surface area contributed by atoms with Gasteiger partial charge in [0.1, 0.15) is 18.0 Å². The molecule has 1 aromatic carbocycles. The Kier molecular flexibility index (Phi) is 4.58. The second-order valence-electron chi connectivity index (χ2n) is 6.17. The van der Waals surface area contributed by atoms with Crippen LogP contribution in [0.15, 0.2) is 24.5 Å². The van der Waals surface area contributed by atoms with Crippen LogP contribution in [0.1, 0.15) is 35.7 Å². The van der Waals surface area contributed by atoms with Crippen LogP contribution >= 0.6 is 0 Å². The number of hydrogen-bond acceptors (Lipinski definition) is 3. The molecule has 130 valence electrons. The van der Waals surface area contributed by atoms with Crippen LogP contribution in [0, 0.1) is 5.82 Å². The molecule has 0 radical (unpaired) electrons. The molecular weight excluding hydrogens is 324 g/mol. The van der Waals surface area contributed by atoms with Crippen LogP contribution in [0.4, 0.5) is 17.6 Å². The van der Waals surface area contributed by atoms with Crippen molar-refractivity contribution in [2.75, 3.05) is 13.1 Å². The van der Waals surface area contributed by atoms with E-state index in [1.807, 2.05) is 16.5 Å². The molecule has 1 atom stereocenters. The number of nitrogens with zero attached hydrogens (tertiary/aromatic N) is 4. The second kappa shape index (κ2) is 6.51.